The number of fused-ring (bicyclic) bond motifs is 1. The van der Waals surface area contributed by atoms with Crippen molar-refractivity contribution in [1.29, 1.82) is 0 Å². The van der Waals surface area contributed by atoms with Crippen LogP contribution < -0.4 is 14.9 Å². The van der Waals surface area contributed by atoms with Crippen LogP contribution in [-0.4, -0.2) is 22.1 Å². The van der Waals surface area contributed by atoms with E-state index in [1.54, 1.807) is 50.5 Å². The van der Waals surface area contributed by atoms with Gasteiger partial charge in [0.05, 0.1) is 22.4 Å². The van der Waals surface area contributed by atoms with Crippen LogP contribution in [0.1, 0.15) is 31.0 Å². The molecule has 1 aliphatic rings. The number of pyridine rings is 1. The van der Waals surface area contributed by atoms with Crippen LogP contribution in [0.4, 0.5) is 0 Å². The van der Waals surface area contributed by atoms with E-state index in [4.69, 9.17) is 16.3 Å². The molecule has 8 heteroatoms. The van der Waals surface area contributed by atoms with Crippen molar-refractivity contribution in [2.75, 3.05) is 6.61 Å². The normalized spacial score (nSPS) is 16.2. The van der Waals surface area contributed by atoms with Gasteiger partial charge in [0.2, 0.25) is 0 Å². The molecule has 1 aliphatic heterocycles. The Hall–Kier alpha value is -3.03. The Kier molecular flexibility index (Phi) is 5.65. The van der Waals surface area contributed by atoms with Gasteiger partial charge < -0.3 is 4.74 Å². The minimum atomic E-state index is -0.718. The van der Waals surface area contributed by atoms with Crippen LogP contribution in [0, 0.1) is 0 Å². The van der Waals surface area contributed by atoms with E-state index in [-0.39, 0.29) is 12.2 Å². The summed E-state index contributed by atoms with van der Waals surface area (Å²) in [4.78, 5) is 35.3. The van der Waals surface area contributed by atoms with Gasteiger partial charge in [0.1, 0.15) is 6.04 Å². The smallest absolute Gasteiger partial charge is 0.338 e. The van der Waals surface area contributed by atoms with E-state index in [0.717, 1.165) is 5.56 Å². The molecule has 4 rings (SSSR count). The molecular formula is C22H18ClN3O3S. The van der Waals surface area contributed by atoms with Gasteiger partial charge in [-0.15, -0.1) is 0 Å². The molecule has 0 N–H and O–H groups in total. The second-order valence-corrected chi connectivity index (χ2v) is 8.03. The molecule has 6 nitrogen and oxygen atoms in total. The van der Waals surface area contributed by atoms with E-state index < -0.39 is 12.0 Å². The monoisotopic (exact) mass is 439 g/mol. The number of nitrogens with zero attached hydrogens (tertiary/aromatic N) is 3. The van der Waals surface area contributed by atoms with Crippen molar-refractivity contribution < 1.29 is 9.53 Å². The lowest BCUT2D eigenvalue weighted by molar-refractivity contribution is -0.139. The van der Waals surface area contributed by atoms with Crippen molar-refractivity contribution in [3.8, 4) is 0 Å². The van der Waals surface area contributed by atoms with Gasteiger partial charge in [-0.05, 0) is 43.2 Å². The lowest BCUT2D eigenvalue weighted by Gasteiger charge is -2.25. The Bertz CT molecular complexity index is 1330. The summed E-state index contributed by atoms with van der Waals surface area (Å²) in [6, 6.07) is 10.1. The van der Waals surface area contributed by atoms with Gasteiger partial charge in [-0.25, -0.2) is 9.79 Å². The van der Waals surface area contributed by atoms with Crippen LogP contribution in [0.25, 0.3) is 6.08 Å². The third-order valence-corrected chi connectivity index (χ3v) is 6.03. The summed E-state index contributed by atoms with van der Waals surface area (Å²) in [6.45, 7) is 3.70. The molecule has 2 aromatic heterocycles. The number of allylic oxidation sites excluding steroid dienone is 1. The average Bonchev–Trinajstić information content (AvgIpc) is 3.03. The van der Waals surface area contributed by atoms with E-state index in [2.05, 4.69) is 9.98 Å². The second-order valence-electron chi connectivity index (χ2n) is 6.61. The molecule has 3 aromatic rings. The van der Waals surface area contributed by atoms with Gasteiger partial charge in [-0.1, -0.05) is 47.2 Å². The average molecular weight is 440 g/mol. The van der Waals surface area contributed by atoms with Gasteiger partial charge in [-0.2, -0.15) is 0 Å². The SMILES string of the molecule is CCOC(=O)C1=C(C)N=c2s/c(=C/c3cccnc3)c(=O)n2C1c1ccccc1Cl. The van der Waals surface area contributed by atoms with Crippen LogP contribution in [0.15, 0.2) is 69.8 Å². The van der Waals surface area contributed by atoms with Gasteiger partial charge >= 0.3 is 5.97 Å². The summed E-state index contributed by atoms with van der Waals surface area (Å²) in [6.07, 6.45) is 5.12. The first-order valence-corrected chi connectivity index (χ1v) is 10.5. The van der Waals surface area contributed by atoms with Crippen molar-refractivity contribution in [2.45, 2.75) is 19.9 Å². The quantitative estimate of drug-likeness (QED) is 0.586. The molecule has 152 valence electrons. The number of halogens is 1. The minimum absolute atomic E-state index is 0.219. The van der Waals surface area contributed by atoms with Gasteiger partial charge in [0.15, 0.2) is 4.80 Å². The van der Waals surface area contributed by atoms with Crippen molar-refractivity contribution in [3.05, 3.63) is 95.9 Å². The zero-order chi connectivity index (χ0) is 21.3. The van der Waals surface area contributed by atoms with Crippen LogP contribution in [0.5, 0.6) is 0 Å². The maximum atomic E-state index is 13.4. The van der Waals surface area contributed by atoms with E-state index >= 15 is 0 Å². The molecule has 0 radical (unpaired) electrons. The Labute approximate surface area is 181 Å². The highest BCUT2D eigenvalue weighted by Gasteiger charge is 2.34. The topological polar surface area (TPSA) is 73.6 Å². The molecule has 0 aliphatic carbocycles. The minimum Gasteiger partial charge on any atom is -0.463 e. The lowest BCUT2D eigenvalue weighted by Crippen LogP contribution is -2.40. The first kappa shape index (κ1) is 20.3. The molecule has 0 fully saturated rings. The Morgan fingerprint density at radius 2 is 2.10 bits per heavy atom. The highest BCUT2D eigenvalue weighted by atomic mass is 35.5. The summed E-state index contributed by atoms with van der Waals surface area (Å²) in [7, 11) is 0. The summed E-state index contributed by atoms with van der Waals surface area (Å²) in [5.74, 6) is -0.509. The summed E-state index contributed by atoms with van der Waals surface area (Å²) >= 11 is 7.74. The fourth-order valence-corrected chi connectivity index (χ4v) is 4.68. The predicted octanol–water partition coefficient (Wildman–Crippen LogP) is 2.85. The molecule has 0 saturated carbocycles. The van der Waals surface area contributed by atoms with E-state index in [1.165, 1.54) is 15.9 Å². The number of ether oxygens (including phenoxy) is 1. The highest BCUT2D eigenvalue weighted by Crippen LogP contribution is 2.34. The van der Waals surface area contributed by atoms with Crippen LogP contribution >= 0.6 is 22.9 Å². The lowest BCUT2D eigenvalue weighted by atomic mass is 9.96. The molecule has 0 bridgehead atoms. The Morgan fingerprint density at radius 3 is 2.80 bits per heavy atom. The standard InChI is InChI=1S/C22H18ClN3O3S/c1-3-29-21(28)18-13(2)25-22-26(19(18)15-8-4-5-9-16(15)23)20(27)17(30-22)11-14-7-6-10-24-12-14/h4-12,19H,3H2,1-2H3/b17-11+. The zero-order valence-electron chi connectivity index (χ0n) is 16.3. The van der Waals surface area contributed by atoms with Crippen molar-refractivity contribution in [1.82, 2.24) is 9.55 Å². The van der Waals surface area contributed by atoms with Gasteiger partial charge in [-0.3, -0.25) is 14.3 Å². The molecule has 30 heavy (non-hydrogen) atoms. The Morgan fingerprint density at radius 1 is 1.30 bits per heavy atom. The number of thiazole rings is 1. The van der Waals surface area contributed by atoms with Crippen LogP contribution in [-0.2, 0) is 9.53 Å². The molecule has 0 amide bonds. The predicted molar refractivity (Wildman–Crippen MR) is 116 cm³/mol. The second kappa shape index (κ2) is 8.38. The van der Waals surface area contributed by atoms with Gasteiger partial charge in [0.25, 0.3) is 5.56 Å². The first-order chi connectivity index (χ1) is 14.5. The highest BCUT2D eigenvalue weighted by molar-refractivity contribution is 7.07. The summed E-state index contributed by atoms with van der Waals surface area (Å²) in [5.41, 5.74) is 2.02. The largest absolute Gasteiger partial charge is 0.463 e. The summed E-state index contributed by atoms with van der Waals surface area (Å²) < 4.78 is 7.29. The maximum Gasteiger partial charge on any atom is 0.338 e. The van der Waals surface area contributed by atoms with Gasteiger partial charge in [0, 0.05) is 17.4 Å². The third-order valence-electron chi connectivity index (χ3n) is 4.70. The number of hydrogen-bond acceptors (Lipinski definition) is 6. The van der Waals surface area contributed by atoms with Crippen LogP contribution in [0.2, 0.25) is 5.02 Å². The Balaban J connectivity index is 1.99. The van der Waals surface area contributed by atoms with Crippen LogP contribution in [0.3, 0.4) is 0 Å². The number of hydrogen-bond donors (Lipinski definition) is 0. The molecular weight excluding hydrogens is 422 g/mol. The molecule has 1 atom stereocenters. The molecule has 0 saturated heterocycles. The fraction of sp³-hybridized carbons (Fsp3) is 0.182. The van der Waals surface area contributed by atoms with Crippen molar-refractivity contribution in [2.24, 2.45) is 4.99 Å². The number of carbonyl (C=O) groups excluding carboxylic acids is 1. The van der Waals surface area contributed by atoms with E-state index in [9.17, 15) is 9.59 Å². The zero-order valence-corrected chi connectivity index (χ0v) is 17.9. The van der Waals surface area contributed by atoms with E-state index in [1.807, 2.05) is 18.2 Å². The van der Waals surface area contributed by atoms with E-state index in [0.29, 0.717) is 31.2 Å². The molecule has 0 spiro atoms. The molecule has 1 unspecified atom stereocenters. The molecule has 1 aromatic carbocycles. The van der Waals surface area contributed by atoms with Crippen molar-refractivity contribution in [3.63, 3.8) is 0 Å². The number of aromatic nitrogens is 2. The molecule has 3 heterocycles. The summed E-state index contributed by atoms with van der Waals surface area (Å²) in [5, 5.41) is 0.459. The van der Waals surface area contributed by atoms with Crippen molar-refractivity contribution >= 4 is 35.0 Å². The fourth-order valence-electron chi connectivity index (χ4n) is 3.40. The number of rotatable bonds is 4. The maximum absolute atomic E-state index is 13.4. The number of carbonyl (C=O) groups is 1. The number of benzene rings is 1. The number of esters is 1. The third kappa shape index (κ3) is 3.62. The first-order valence-electron chi connectivity index (χ1n) is 9.35.